The van der Waals surface area contributed by atoms with Gasteiger partial charge in [-0.3, -0.25) is 0 Å². The van der Waals surface area contributed by atoms with E-state index in [4.69, 9.17) is 4.74 Å². The second-order valence-corrected chi connectivity index (χ2v) is 6.72. The van der Waals surface area contributed by atoms with Crippen LogP contribution in [0.15, 0.2) is 16.6 Å². The molecule has 2 unspecified atom stereocenters. The van der Waals surface area contributed by atoms with Crippen molar-refractivity contribution in [1.82, 2.24) is 5.32 Å². The first-order valence-corrected chi connectivity index (χ1v) is 7.70. The van der Waals surface area contributed by atoms with Crippen LogP contribution in [0.5, 0.6) is 5.75 Å². The summed E-state index contributed by atoms with van der Waals surface area (Å²) in [5.74, 6) is -1.19. The highest BCUT2D eigenvalue weighted by atomic mass is 79.9. The molecule has 2 atom stereocenters. The topological polar surface area (TPSA) is 21.3 Å². The number of benzene rings is 1. The normalized spacial score (nSPS) is 24.3. The molecule has 1 fully saturated rings. The van der Waals surface area contributed by atoms with Crippen molar-refractivity contribution in [3.05, 3.63) is 28.2 Å². The van der Waals surface area contributed by atoms with Crippen molar-refractivity contribution in [3.8, 4) is 5.75 Å². The Bertz CT molecular complexity index is 470. The molecular weight excluding hydrogens is 328 g/mol. The molecule has 0 spiro atoms. The summed E-state index contributed by atoms with van der Waals surface area (Å²) in [6, 6.07) is 2.44. The molecule has 0 bridgehead atoms. The third kappa shape index (κ3) is 2.98. The van der Waals surface area contributed by atoms with Gasteiger partial charge in [-0.1, -0.05) is 20.8 Å². The maximum Gasteiger partial charge on any atom is 0.169 e. The summed E-state index contributed by atoms with van der Waals surface area (Å²) in [6.07, 6.45) is 1.83. The zero-order valence-electron chi connectivity index (χ0n) is 12.0. The molecule has 2 rings (SSSR count). The summed E-state index contributed by atoms with van der Waals surface area (Å²) >= 11 is 3.15. The first kappa shape index (κ1) is 15.7. The number of halogens is 3. The Morgan fingerprint density at radius 1 is 1.40 bits per heavy atom. The molecule has 0 heterocycles. The van der Waals surface area contributed by atoms with Gasteiger partial charge in [0.15, 0.2) is 11.6 Å². The maximum absolute atomic E-state index is 13.8. The lowest BCUT2D eigenvalue weighted by Gasteiger charge is -2.51. The largest absolute Gasteiger partial charge is 0.485 e. The molecule has 0 aliphatic heterocycles. The quantitative estimate of drug-likeness (QED) is 0.858. The predicted molar refractivity (Wildman–Crippen MR) is 79.0 cm³/mol. The summed E-state index contributed by atoms with van der Waals surface area (Å²) < 4.78 is 32.9. The zero-order valence-corrected chi connectivity index (χ0v) is 13.6. The van der Waals surface area contributed by atoms with Gasteiger partial charge in [-0.15, -0.1) is 0 Å². The van der Waals surface area contributed by atoms with Crippen molar-refractivity contribution in [2.75, 3.05) is 6.54 Å². The summed E-state index contributed by atoms with van der Waals surface area (Å²) in [6.45, 7) is 7.29. The number of nitrogens with one attached hydrogen (secondary N) is 1. The fourth-order valence-corrected chi connectivity index (χ4v) is 3.04. The standard InChI is InChI=1S/C15H20BrF2NO/c1-4-5-19-12-8-13(15(12,2)3)20-14-10(16)6-9(17)7-11(14)18/h6-7,12-13,19H,4-5,8H2,1-3H3. The van der Waals surface area contributed by atoms with Crippen LogP contribution in [0, 0.1) is 17.0 Å². The minimum atomic E-state index is -0.669. The molecule has 0 saturated heterocycles. The summed E-state index contributed by atoms with van der Waals surface area (Å²) in [4.78, 5) is 0. The average molecular weight is 348 g/mol. The molecule has 0 amide bonds. The van der Waals surface area contributed by atoms with Gasteiger partial charge in [0.25, 0.3) is 0 Å². The van der Waals surface area contributed by atoms with Crippen LogP contribution in [0.2, 0.25) is 0 Å². The average Bonchev–Trinajstić information content (AvgIpc) is 2.35. The van der Waals surface area contributed by atoms with Gasteiger partial charge in [-0.2, -0.15) is 0 Å². The second kappa shape index (κ2) is 5.98. The smallest absolute Gasteiger partial charge is 0.169 e. The minimum Gasteiger partial charge on any atom is -0.485 e. The van der Waals surface area contributed by atoms with Crippen molar-refractivity contribution < 1.29 is 13.5 Å². The van der Waals surface area contributed by atoms with Crippen LogP contribution in [0.25, 0.3) is 0 Å². The molecule has 0 radical (unpaired) electrons. The zero-order chi connectivity index (χ0) is 14.9. The van der Waals surface area contributed by atoms with Crippen LogP contribution in [-0.2, 0) is 0 Å². The molecule has 1 aliphatic rings. The molecule has 20 heavy (non-hydrogen) atoms. The van der Waals surface area contributed by atoms with E-state index in [0.717, 1.165) is 25.5 Å². The van der Waals surface area contributed by atoms with E-state index in [0.29, 0.717) is 10.5 Å². The Labute approximate surface area is 127 Å². The first-order valence-electron chi connectivity index (χ1n) is 6.90. The SMILES string of the molecule is CCCNC1CC(Oc2c(F)cc(F)cc2Br)C1(C)C. The Morgan fingerprint density at radius 3 is 2.65 bits per heavy atom. The van der Waals surface area contributed by atoms with Crippen molar-refractivity contribution in [2.45, 2.75) is 45.8 Å². The Balaban J connectivity index is 2.06. The van der Waals surface area contributed by atoms with Crippen LogP contribution in [0.1, 0.15) is 33.6 Å². The fraction of sp³-hybridized carbons (Fsp3) is 0.600. The van der Waals surface area contributed by atoms with Crippen molar-refractivity contribution in [3.63, 3.8) is 0 Å². The fourth-order valence-electron chi connectivity index (χ4n) is 2.53. The van der Waals surface area contributed by atoms with Gasteiger partial charge in [0.05, 0.1) is 4.47 Å². The lowest BCUT2D eigenvalue weighted by atomic mass is 9.64. The van der Waals surface area contributed by atoms with Crippen LogP contribution >= 0.6 is 15.9 Å². The predicted octanol–water partition coefficient (Wildman–Crippen LogP) is 4.27. The summed E-state index contributed by atoms with van der Waals surface area (Å²) in [5, 5.41) is 3.47. The van der Waals surface area contributed by atoms with E-state index in [1.165, 1.54) is 6.07 Å². The third-order valence-corrected chi connectivity index (χ3v) is 4.63. The van der Waals surface area contributed by atoms with E-state index in [-0.39, 0.29) is 17.3 Å². The number of rotatable bonds is 5. The van der Waals surface area contributed by atoms with Gasteiger partial charge < -0.3 is 10.1 Å². The molecule has 1 saturated carbocycles. The molecule has 1 aromatic rings. The molecule has 1 N–H and O–H groups in total. The van der Waals surface area contributed by atoms with Crippen LogP contribution < -0.4 is 10.1 Å². The number of hydrogen-bond acceptors (Lipinski definition) is 2. The Hall–Kier alpha value is -0.680. The highest BCUT2D eigenvalue weighted by Crippen LogP contribution is 2.44. The molecule has 112 valence electrons. The van der Waals surface area contributed by atoms with Crippen LogP contribution in [0.3, 0.4) is 0 Å². The lowest BCUT2D eigenvalue weighted by molar-refractivity contribution is -0.0567. The van der Waals surface area contributed by atoms with Gasteiger partial charge in [-0.05, 0) is 35.0 Å². The van der Waals surface area contributed by atoms with E-state index < -0.39 is 11.6 Å². The van der Waals surface area contributed by atoms with Gasteiger partial charge in [0, 0.05) is 23.9 Å². The molecule has 1 aliphatic carbocycles. The number of ether oxygens (including phenoxy) is 1. The molecule has 1 aromatic carbocycles. The maximum atomic E-state index is 13.8. The first-order chi connectivity index (χ1) is 9.36. The molecule has 5 heteroatoms. The molecule has 0 aromatic heterocycles. The van der Waals surface area contributed by atoms with E-state index in [1.807, 2.05) is 0 Å². The Morgan fingerprint density at radius 2 is 2.10 bits per heavy atom. The van der Waals surface area contributed by atoms with E-state index in [9.17, 15) is 8.78 Å². The second-order valence-electron chi connectivity index (χ2n) is 5.87. The highest BCUT2D eigenvalue weighted by molar-refractivity contribution is 9.10. The Kier molecular flexibility index (Phi) is 4.69. The lowest BCUT2D eigenvalue weighted by Crippen LogP contribution is -2.62. The van der Waals surface area contributed by atoms with Crippen molar-refractivity contribution in [1.29, 1.82) is 0 Å². The van der Waals surface area contributed by atoms with E-state index in [2.05, 4.69) is 42.0 Å². The molecular formula is C15H20BrF2NO. The van der Waals surface area contributed by atoms with Gasteiger partial charge >= 0.3 is 0 Å². The van der Waals surface area contributed by atoms with Gasteiger partial charge in [0.1, 0.15) is 11.9 Å². The van der Waals surface area contributed by atoms with Crippen LogP contribution in [0.4, 0.5) is 8.78 Å². The minimum absolute atomic E-state index is 0.0740. The van der Waals surface area contributed by atoms with E-state index in [1.54, 1.807) is 0 Å². The summed E-state index contributed by atoms with van der Waals surface area (Å²) in [5.41, 5.74) is -0.0740. The van der Waals surface area contributed by atoms with E-state index >= 15 is 0 Å². The molecule has 2 nitrogen and oxygen atoms in total. The van der Waals surface area contributed by atoms with Crippen LogP contribution in [-0.4, -0.2) is 18.7 Å². The third-order valence-electron chi connectivity index (χ3n) is 4.04. The monoisotopic (exact) mass is 347 g/mol. The van der Waals surface area contributed by atoms with Gasteiger partial charge in [0.2, 0.25) is 0 Å². The van der Waals surface area contributed by atoms with Crippen molar-refractivity contribution in [2.24, 2.45) is 5.41 Å². The van der Waals surface area contributed by atoms with Crippen molar-refractivity contribution >= 4 is 15.9 Å². The summed E-state index contributed by atoms with van der Waals surface area (Å²) in [7, 11) is 0. The van der Waals surface area contributed by atoms with Gasteiger partial charge in [-0.25, -0.2) is 8.78 Å². The number of hydrogen-bond donors (Lipinski definition) is 1. The highest BCUT2D eigenvalue weighted by Gasteiger charge is 2.49.